The fraction of sp³-hybridized carbons (Fsp3) is 0.643. The van der Waals surface area contributed by atoms with Crippen LogP contribution in [-0.2, 0) is 23.2 Å². The molecule has 1 aliphatic carbocycles. The van der Waals surface area contributed by atoms with E-state index in [9.17, 15) is 9.59 Å². The van der Waals surface area contributed by atoms with E-state index >= 15 is 0 Å². The standard InChI is InChI=1S/C14H20N4O2/c1-9-7-11(17(2)16-9)8-18-6-5-12(19)15-13(14(18)20)10-3-4-10/h7,10,13H,3-6,8H2,1-2H3,(H,15,19). The smallest absolute Gasteiger partial charge is 0.245 e. The van der Waals surface area contributed by atoms with Gasteiger partial charge >= 0.3 is 0 Å². The van der Waals surface area contributed by atoms with Crippen LogP contribution in [0.2, 0.25) is 0 Å². The Morgan fingerprint density at radius 1 is 1.40 bits per heavy atom. The number of hydrogen-bond acceptors (Lipinski definition) is 3. The highest BCUT2D eigenvalue weighted by Gasteiger charge is 2.40. The topological polar surface area (TPSA) is 67.2 Å². The summed E-state index contributed by atoms with van der Waals surface area (Å²) in [6.45, 7) is 2.94. The second kappa shape index (κ2) is 4.92. The maximum atomic E-state index is 12.6. The van der Waals surface area contributed by atoms with Crippen LogP contribution >= 0.6 is 0 Å². The molecule has 1 aliphatic heterocycles. The fourth-order valence-electron chi connectivity index (χ4n) is 2.76. The van der Waals surface area contributed by atoms with Gasteiger partial charge in [0.1, 0.15) is 6.04 Å². The second-order valence-electron chi connectivity index (χ2n) is 5.79. The second-order valence-corrected chi connectivity index (χ2v) is 5.79. The molecule has 0 bridgehead atoms. The maximum absolute atomic E-state index is 12.6. The lowest BCUT2D eigenvalue weighted by Gasteiger charge is -2.23. The molecule has 0 radical (unpaired) electrons. The Bertz CT molecular complexity index is 547. The Morgan fingerprint density at radius 3 is 2.75 bits per heavy atom. The molecule has 0 spiro atoms. The van der Waals surface area contributed by atoms with Crippen LogP contribution in [0.25, 0.3) is 0 Å². The number of aromatic nitrogens is 2. The number of carbonyl (C=O) groups is 2. The maximum Gasteiger partial charge on any atom is 0.245 e. The van der Waals surface area contributed by atoms with Gasteiger partial charge in [0.05, 0.1) is 17.9 Å². The van der Waals surface area contributed by atoms with Crippen molar-refractivity contribution in [2.75, 3.05) is 6.54 Å². The van der Waals surface area contributed by atoms with Crippen LogP contribution in [0.1, 0.15) is 30.7 Å². The first-order valence-corrected chi connectivity index (χ1v) is 7.12. The number of rotatable bonds is 3. The van der Waals surface area contributed by atoms with E-state index in [1.165, 1.54) is 0 Å². The summed E-state index contributed by atoms with van der Waals surface area (Å²) in [5.41, 5.74) is 1.94. The van der Waals surface area contributed by atoms with Crippen LogP contribution < -0.4 is 5.32 Å². The number of aryl methyl sites for hydroxylation is 2. The van der Waals surface area contributed by atoms with Gasteiger partial charge < -0.3 is 10.2 Å². The number of amides is 2. The Hall–Kier alpha value is -1.85. The molecule has 2 fully saturated rings. The molecule has 0 aromatic carbocycles. The van der Waals surface area contributed by atoms with Crippen LogP contribution in [0.15, 0.2) is 6.07 Å². The van der Waals surface area contributed by atoms with Crippen molar-refractivity contribution in [2.24, 2.45) is 13.0 Å². The quantitative estimate of drug-likeness (QED) is 0.866. The summed E-state index contributed by atoms with van der Waals surface area (Å²) in [4.78, 5) is 26.1. The lowest BCUT2D eigenvalue weighted by molar-refractivity contribution is -0.134. The molecule has 1 saturated heterocycles. The van der Waals surface area contributed by atoms with Gasteiger partial charge in [0.15, 0.2) is 0 Å². The number of nitrogens with one attached hydrogen (secondary N) is 1. The molecular weight excluding hydrogens is 256 g/mol. The molecule has 1 saturated carbocycles. The first kappa shape index (κ1) is 13.1. The molecule has 1 N–H and O–H groups in total. The van der Waals surface area contributed by atoms with Crippen LogP contribution in [-0.4, -0.2) is 39.1 Å². The monoisotopic (exact) mass is 276 g/mol. The summed E-state index contributed by atoms with van der Waals surface area (Å²) in [5, 5.41) is 7.18. The van der Waals surface area contributed by atoms with Gasteiger partial charge in [0.25, 0.3) is 0 Å². The molecule has 1 unspecified atom stereocenters. The Morgan fingerprint density at radius 2 is 2.15 bits per heavy atom. The number of carbonyl (C=O) groups excluding carboxylic acids is 2. The molecule has 108 valence electrons. The summed E-state index contributed by atoms with van der Waals surface area (Å²) < 4.78 is 1.80. The molecule has 6 heteroatoms. The van der Waals surface area contributed by atoms with Crippen molar-refractivity contribution in [3.05, 3.63) is 17.5 Å². The fourth-order valence-corrected chi connectivity index (χ4v) is 2.76. The normalized spacial score (nSPS) is 23.7. The summed E-state index contributed by atoms with van der Waals surface area (Å²) >= 11 is 0. The average Bonchev–Trinajstić information content (AvgIpc) is 3.18. The summed E-state index contributed by atoms with van der Waals surface area (Å²) in [6, 6.07) is 1.67. The van der Waals surface area contributed by atoms with Gasteiger partial charge in [-0.2, -0.15) is 5.10 Å². The van der Waals surface area contributed by atoms with E-state index in [1.807, 2.05) is 20.0 Å². The minimum Gasteiger partial charge on any atom is -0.344 e. The molecular formula is C14H20N4O2. The van der Waals surface area contributed by atoms with Crippen molar-refractivity contribution in [2.45, 2.75) is 38.8 Å². The predicted octanol–water partition coefficient (Wildman–Crippen LogP) is 0.356. The third-order valence-electron chi connectivity index (χ3n) is 4.05. The van der Waals surface area contributed by atoms with E-state index in [0.717, 1.165) is 24.2 Å². The van der Waals surface area contributed by atoms with Crippen molar-refractivity contribution >= 4 is 11.8 Å². The lowest BCUT2D eigenvalue weighted by Crippen LogP contribution is -2.45. The predicted molar refractivity (Wildman–Crippen MR) is 72.6 cm³/mol. The van der Waals surface area contributed by atoms with E-state index < -0.39 is 0 Å². The molecule has 1 aromatic rings. The van der Waals surface area contributed by atoms with Crippen LogP contribution in [0.3, 0.4) is 0 Å². The van der Waals surface area contributed by atoms with Gasteiger partial charge in [-0.1, -0.05) is 0 Å². The zero-order valence-electron chi connectivity index (χ0n) is 11.9. The first-order valence-electron chi connectivity index (χ1n) is 7.12. The lowest BCUT2D eigenvalue weighted by atomic mass is 10.1. The Balaban J connectivity index is 1.78. The highest BCUT2D eigenvalue weighted by molar-refractivity contribution is 5.90. The summed E-state index contributed by atoms with van der Waals surface area (Å²) in [5.74, 6) is 0.372. The molecule has 1 aromatic heterocycles. The van der Waals surface area contributed by atoms with E-state index in [-0.39, 0.29) is 17.9 Å². The molecule has 2 aliphatic rings. The van der Waals surface area contributed by atoms with Gasteiger partial charge in [-0.25, -0.2) is 0 Å². The third-order valence-corrected chi connectivity index (χ3v) is 4.05. The van der Waals surface area contributed by atoms with Crippen LogP contribution in [0.4, 0.5) is 0 Å². The molecule has 1 atom stereocenters. The molecule has 20 heavy (non-hydrogen) atoms. The SMILES string of the molecule is Cc1cc(CN2CCC(=O)NC(C3CC3)C2=O)n(C)n1. The van der Waals surface area contributed by atoms with Gasteiger partial charge in [-0.05, 0) is 31.7 Å². The van der Waals surface area contributed by atoms with Crippen molar-refractivity contribution in [1.29, 1.82) is 0 Å². The van der Waals surface area contributed by atoms with Gasteiger partial charge in [-0.3, -0.25) is 14.3 Å². The molecule has 6 nitrogen and oxygen atoms in total. The molecule has 2 amide bonds. The number of nitrogens with zero attached hydrogens (tertiary/aromatic N) is 3. The minimum absolute atomic E-state index is 0.0149. The van der Waals surface area contributed by atoms with E-state index in [1.54, 1.807) is 9.58 Å². The van der Waals surface area contributed by atoms with Crippen molar-refractivity contribution < 1.29 is 9.59 Å². The summed E-state index contributed by atoms with van der Waals surface area (Å²) in [7, 11) is 1.88. The van der Waals surface area contributed by atoms with Gasteiger partial charge in [0.2, 0.25) is 11.8 Å². The van der Waals surface area contributed by atoms with Crippen molar-refractivity contribution in [1.82, 2.24) is 20.0 Å². The van der Waals surface area contributed by atoms with E-state index in [2.05, 4.69) is 10.4 Å². The largest absolute Gasteiger partial charge is 0.344 e. The van der Waals surface area contributed by atoms with Crippen LogP contribution in [0, 0.1) is 12.8 Å². The van der Waals surface area contributed by atoms with E-state index in [0.29, 0.717) is 25.4 Å². The van der Waals surface area contributed by atoms with Crippen molar-refractivity contribution in [3.63, 3.8) is 0 Å². The van der Waals surface area contributed by atoms with Gasteiger partial charge in [-0.15, -0.1) is 0 Å². The highest BCUT2D eigenvalue weighted by Crippen LogP contribution is 2.34. The number of hydrogen-bond donors (Lipinski definition) is 1. The highest BCUT2D eigenvalue weighted by atomic mass is 16.2. The molecule has 2 heterocycles. The summed E-state index contributed by atoms with van der Waals surface area (Å²) in [6.07, 6.45) is 2.45. The molecule has 3 rings (SSSR count). The zero-order valence-corrected chi connectivity index (χ0v) is 11.9. The zero-order chi connectivity index (χ0) is 14.3. The van der Waals surface area contributed by atoms with E-state index in [4.69, 9.17) is 0 Å². The third kappa shape index (κ3) is 2.55. The first-order chi connectivity index (χ1) is 9.54. The minimum atomic E-state index is -0.320. The van der Waals surface area contributed by atoms with Crippen LogP contribution in [0.5, 0.6) is 0 Å². The van der Waals surface area contributed by atoms with Gasteiger partial charge in [0, 0.05) is 20.0 Å². The Labute approximate surface area is 118 Å². The average molecular weight is 276 g/mol. The van der Waals surface area contributed by atoms with Crippen molar-refractivity contribution in [3.8, 4) is 0 Å². The Kier molecular flexibility index (Phi) is 3.23.